The lowest BCUT2D eigenvalue weighted by Gasteiger charge is -2.18. The standard InChI is InChI=1S/C14H19F2N3/c1-3-5-6-19(4-2)9-14-17-12-7-10(15)11(16)8-13(12)18-14/h7-8H,3-6,9H2,1-2H3,(H,17,18). The summed E-state index contributed by atoms with van der Waals surface area (Å²) in [6.07, 6.45) is 2.28. The third kappa shape index (κ3) is 3.29. The minimum Gasteiger partial charge on any atom is -0.341 e. The Morgan fingerprint density at radius 2 is 1.95 bits per heavy atom. The molecule has 0 aliphatic heterocycles. The van der Waals surface area contributed by atoms with Crippen LogP contribution in [0.4, 0.5) is 8.78 Å². The van der Waals surface area contributed by atoms with Gasteiger partial charge in [0, 0.05) is 12.1 Å². The lowest BCUT2D eigenvalue weighted by atomic mass is 10.3. The Morgan fingerprint density at radius 1 is 1.21 bits per heavy atom. The molecule has 0 saturated carbocycles. The minimum absolute atomic E-state index is 0.473. The highest BCUT2D eigenvalue weighted by Gasteiger charge is 2.10. The second-order valence-electron chi connectivity index (χ2n) is 4.69. The summed E-state index contributed by atoms with van der Waals surface area (Å²) in [5.74, 6) is -0.956. The molecule has 0 spiro atoms. The Labute approximate surface area is 111 Å². The molecule has 0 aliphatic rings. The maximum Gasteiger partial charge on any atom is 0.161 e. The minimum atomic E-state index is -0.858. The van der Waals surface area contributed by atoms with Crippen LogP contribution >= 0.6 is 0 Å². The van der Waals surface area contributed by atoms with Crippen LogP contribution in [0.25, 0.3) is 11.0 Å². The van der Waals surface area contributed by atoms with E-state index in [1.54, 1.807) is 0 Å². The van der Waals surface area contributed by atoms with Gasteiger partial charge in [0.15, 0.2) is 11.6 Å². The first-order valence-electron chi connectivity index (χ1n) is 6.70. The highest BCUT2D eigenvalue weighted by Crippen LogP contribution is 2.17. The summed E-state index contributed by atoms with van der Waals surface area (Å²) in [7, 11) is 0. The summed E-state index contributed by atoms with van der Waals surface area (Å²) >= 11 is 0. The van der Waals surface area contributed by atoms with E-state index < -0.39 is 11.6 Å². The van der Waals surface area contributed by atoms with Gasteiger partial charge in [-0.3, -0.25) is 4.90 Å². The van der Waals surface area contributed by atoms with Crippen LogP contribution in [0.3, 0.4) is 0 Å². The van der Waals surface area contributed by atoms with Gasteiger partial charge in [-0.15, -0.1) is 0 Å². The molecule has 104 valence electrons. The Balaban J connectivity index is 2.16. The molecule has 1 N–H and O–H groups in total. The van der Waals surface area contributed by atoms with Gasteiger partial charge >= 0.3 is 0 Å². The highest BCUT2D eigenvalue weighted by atomic mass is 19.2. The van der Waals surface area contributed by atoms with Crippen LogP contribution in [-0.4, -0.2) is 28.0 Å². The molecule has 2 rings (SSSR count). The number of imidazole rings is 1. The van der Waals surface area contributed by atoms with Gasteiger partial charge in [0.2, 0.25) is 0 Å². The summed E-state index contributed by atoms with van der Waals surface area (Å²) < 4.78 is 26.2. The van der Waals surface area contributed by atoms with Crippen molar-refractivity contribution in [3.05, 3.63) is 29.6 Å². The maximum atomic E-state index is 13.1. The van der Waals surface area contributed by atoms with Gasteiger partial charge < -0.3 is 4.98 Å². The van der Waals surface area contributed by atoms with Crippen molar-refractivity contribution < 1.29 is 8.78 Å². The van der Waals surface area contributed by atoms with Crippen LogP contribution in [0.2, 0.25) is 0 Å². The van der Waals surface area contributed by atoms with Crippen LogP contribution in [0.15, 0.2) is 12.1 Å². The van der Waals surface area contributed by atoms with Gasteiger partial charge in [-0.1, -0.05) is 20.3 Å². The van der Waals surface area contributed by atoms with Crippen molar-refractivity contribution in [2.75, 3.05) is 13.1 Å². The topological polar surface area (TPSA) is 31.9 Å². The van der Waals surface area contributed by atoms with E-state index in [4.69, 9.17) is 0 Å². The van der Waals surface area contributed by atoms with Crippen LogP contribution < -0.4 is 0 Å². The smallest absolute Gasteiger partial charge is 0.161 e. The quantitative estimate of drug-likeness (QED) is 0.869. The van der Waals surface area contributed by atoms with Crippen molar-refractivity contribution in [3.63, 3.8) is 0 Å². The number of rotatable bonds is 6. The average Bonchev–Trinajstić information content (AvgIpc) is 2.76. The Kier molecular flexibility index (Phi) is 4.47. The van der Waals surface area contributed by atoms with E-state index in [2.05, 4.69) is 28.7 Å². The van der Waals surface area contributed by atoms with E-state index in [1.165, 1.54) is 0 Å². The predicted octanol–water partition coefficient (Wildman–Crippen LogP) is 3.46. The molecule has 0 atom stereocenters. The van der Waals surface area contributed by atoms with E-state index in [1.807, 2.05) is 0 Å². The highest BCUT2D eigenvalue weighted by molar-refractivity contribution is 5.75. The Morgan fingerprint density at radius 3 is 2.63 bits per heavy atom. The molecule has 2 aromatic rings. The van der Waals surface area contributed by atoms with Crippen LogP contribution in [0.5, 0.6) is 0 Å². The maximum absolute atomic E-state index is 13.1. The largest absolute Gasteiger partial charge is 0.341 e. The Bertz CT molecular complexity index is 512. The van der Waals surface area contributed by atoms with E-state index in [9.17, 15) is 8.78 Å². The molecule has 5 heteroatoms. The average molecular weight is 267 g/mol. The van der Waals surface area contributed by atoms with Gasteiger partial charge in [-0.2, -0.15) is 0 Å². The molecule has 0 fully saturated rings. The lowest BCUT2D eigenvalue weighted by Crippen LogP contribution is -2.24. The fourth-order valence-corrected chi connectivity index (χ4v) is 2.08. The van der Waals surface area contributed by atoms with Crippen molar-refractivity contribution in [3.8, 4) is 0 Å². The molecule has 0 saturated heterocycles. The van der Waals surface area contributed by atoms with Gasteiger partial charge in [0.1, 0.15) is 5.82 Å². The van der Waals surface area contributed by atoms with Gasteiger partial charge in [0.25, 0.3) is 0 Å². The molecule has 1 aromatic heterocycles. The summed E-state index contributed by atoms with van der Waals surface area (Å²) in [6.45, 7) is 6.86. The SMILES string of the molecule is CCCCN(CC)Cc1nc2cc(F)c(F)cc2[nH]1. The molecule has 3 nitrogen and oxygen atoms in total. The molecule has 0 bridgehead atoms. The van der Waals surface area contributed by atoms with Crippen LogP contribution in [-0.2, 0) is 6.54 Å². The monoisotopic (exact) mass is 267 g/mol. The van der Waals surface area contributed by atoms with Gasteiger partial charge in [-0.05, 0) is 19.5 Å². The first-order chi connectivity index (χ1) is 9.13. The number of unbranched alkanes of at least 4 members (excludes halogenated alkanes) is 1. The van der Waals surface area contributed by atoms with Crippen molar-refractivity contribution in [2.45, 2.75) is 33.2 Å². The number of aromatic amines is 1. The molecule has 0 radical (unpaired) electrons. The number of benzene rings is 1. The number of hydrogen-bond acceptors (Lipinski definition) is 2. The third-order valence-corrected chi connectivity index (χ3v) is 3.22. The summed E-state index contributed by atoms with van der Waals surface area (Å²) in [5.41, 5.74) is 1.01. The third-order valence-electron chi connectivity index (χ3n) is 3.22. The molecular formula is C14H19F2N3. The fourth-order valence-electron chi connectivity index (χ4n) is 2.08. The molecule has 1 aromatic carbocycles. The molecule has 1 heterocycles. The summed E-state index contributed by atoms with van der Waals surface area (Å²) in [4.78, 5) is 9.61. The number of halogens is 2. The summed E-state index contributed by atoms with van der Waals surface area (Å²) in [5, 5.41) is 0. The first-order valence-corrected chi connectivity index (χ1v) is 6.70. The second kappa shape index (κ2) is 6.10. The summed E-state index contributed by atoms with van der Waals surface area (Å²) in [6, 6.07) is 2.29. The molecule has 0 unspecified atom stereocenters. The van der Waals surface area contributed by atoms with Crippen molar-refractivity contribution >= 4 is 11.0 Å². The van der Waals surface area contributed by atoms with Crippen LogP contribution in [0.1, 0.15) is 32.5 Å². The van der Waals surface area contributed by atoms with E-state index in [-0.39, 0.29) is 0 Å². The van der Waals surface area contributed by atoms with Crippen molar-refractivity contribution in [2.24, 2.45) is 0 Å². The second-order valence-corrected chi connectivity index (χ2v) is 4.69. The number of nitrogens with zero attached hydrogens (tertiary/aromatic N) is 2. The molecule has 0 aliphatic carbocycles. The lowest BCUT2D eigenvalue weighted by molar-refractivity contribution is 0.269. The van der Waals surface area contributed by atoms with Crippen molar-refractivity contribution in [1.29, 1.82) is 0 Å². The fraction of sp³-hybridized carbons (Fsp3) is 0.500. The van der Waals surface area contributed by atoms with Gasteiger partial charge in [0.05, 0.1) is 17.6 Å². The molecular weight excluding hydrogens is 248 g/mol. The Hall–Kier alpha value is -1.49. The van der Waals surface area contributed by atoms with Gasteiger partial charge in [-0.25, -0.2) is 13.8 Å². The van der Waals surface area contributed by atoms with Crippen LogP contribution in [0, 0.1) is 11.6 Å². The number of fused-ring (bicyclic) bond motifs is 1. The number of H-pyrrole nitrogens is 1. The van der Waals surface area contributed by atoms with E-state index in [0.29, 0.717) is 17.6 Å². The van der Waals surface area contributed by atoms with E-state index in [0.717, 1.165) is 43.9 Å². The van der Waals surface area contributed by atoms with E-state index >= 15 is 0 Å². The molecule has 19 heavy (non-hydrogen) atoms. The zero-order chi connectivity index (χ0) is 13.8. The predicted molar refractivity (Wildman–Crippen MR) is 71.9 cm³/mol. The zero-order valence-corrected chi connectivity index (χ0v) is 11.3. The number of aromatic nitrogens is 2. The normalized spacial score (nSPS) is 11.6. The number of hydrogen-bond donors (Lipinski definition) is 1. The van der Waals surface area contributed by atoms with Crippen molar-refractivity contribution in [1.82, 2.24) is 14.9 Å². The number of nitrogens with one attached hydrogen (secondary N) is 1. The zero-order valence-electron chi connectivity index (χ0n) is 11.3. The molecule has 0 amide bonds. The first kappa shape index (κ1) is 13.9.